The molecule has 1 aromatic carbocycles. The first-order valence-electron chi connectivity index (χ1n) is 8.87. The van der Waals surface area contributed by atoms with E-state index in [2.05, 4.69) is 24.1 Å². The predicted molar refractivity (Wildman–Crippen MR) is 82.5 cm³/mol. The fraction of sp³-hybridized carbons (Fsp3) is 0.556. The van der Waals surface area contributed by atoms with Crippen molar-refractivity contribution in [2.75, 3.05) is 20.7 Å². The summed E-state index contributed by atoms with van der Waals surface area (Å²) in [6.45, 7) is 0.957. The number of likely N-dealkylation sites (N-methyl/N-ethyl adjacent to an activating group) is 1. The Morgan fingerprint density at radius 3 is 3.23 bits per heavy atom. The van der Waals surface area contributed by atoms with Gasteiger partial charge in [0.05, 0.1) is 8.48 Å². The third-order valence-corrected chi connectivity index (χ3v) is 6.21. The summed E-state index contributed by atoms with van der Waals surface area (Å²) < 4.78 is 28.0. The number of ether oxygens (including phenoxy) is 2. The number of hydrogen-bond acceptors (Lipinski definition) is 4. The second-order valence-corrected chi connectivity index (χ2v) is 6.96. The van der Waals surface area contributed by atoms with E-state index in [4.69, 9.17) is 17.4 Å². The van der Waals surface area contributed by atoms with Crippen LogP contribution in [0.2, 0.25) is 0 Å². The Morgan fingerprint density at radius 2 is 2.41 bits per heavy atom. The molecule has 1 saturated heterocycles. The highest BCUT2D eigenvalue weighted by Gasteiger charge is 2.64. The molecule has 2 aliphatic heterocycles. The zero-order valence-corrected chi connectivity index (χ0v) is 12.8. The number of methoxy groups -OCH3 is 1. The Labute approximate surface area is 133 Å². The average molecular weight is 301 g/mol. The van der Waals surface area contributed by atoms with Crippen molar-refractivity contribution in [3.63, 3.8) is 0 Å². The first-order valence-corrected chi connectivity index (χ1v) is 7.96. The molecule has 0 radical (unpaired) electrons. The van der Waals surface area contributed by atoms with Crippen LogP contribution in [0.4, 0.5) is 0 Å². The maximum absolute atomic E-state index is 8.68. The molecule has 1 spiro atoms. The second kappa shape index (κ2) is 4.06. The number of piperidine rings is 1. The summed E-state index contributed by atoms with van der Waals surface area (Å²) in [6.07, 6.45) is 3.68. The summed E-state index contributed by atoms with van der Waals surface area (Å²) in [6, 6.07) is 4.49. The molecule has 0 saturated carbocycles. The van der Waals surface area contributed by atoms with Crippen LogP contribution in [0, 0.1) is 5.92 Å². The van der Waals surface area contributed by atoms with E-state index in [-0.39, 0.29) is 11.3 Å². The largest absolute Gasteiger partial charge is 0.493 e. The molecule has 0 amide bonds. The van der Waals surface area contributed by atoms with E-state index in [0.717, 1.165) is 25.1 Å². The molecule has 22 heavy (non-hydrogen) atoms. The number of likely N-dealkylation sites (tertiary alicyclic amines) is 1. The molecule has 4 nitrogen and oxygen atoms in total. The molecule has 0 aromatic heterocycles. The number of nitrogens with zero attached hydrogens (tertiary/aromatic N) is 1. The third kappa shape index (κ3) is 1.28. The molecule has 5 atom stereocenters. The highest BCUT2D eigenvalue weighted by molar-refractivity contribution is 5.62. The van der Waals surface area contributed by atoms with Crippen LogP contribution in [0.3, 0.4) is 0 Å². The van der Waals surface area contributed by atoms with Crippen LogP contribution in [0.25, 0.3) is 0 Å². The second-order valence-electron chi connectivity index (χ2n) is 6.96. The Hall–Kier alpha value is -1.52. The summed E-state index contributed by atoms with van der Waals surface area (Å²) in [7, 11) is 3.82. The highest BCUT2D eigenvalue weighted by Crippen LogP contribution is 2.62. The van der Waals surface area contributed by atoms with Gasteiger partial charge in [-0.2, -0.15) is 0 Å². The molecule has 5 rings (SSSR count). The number of benzene rings is 1. The first-order chi connectivity index (χ1) is 11.5. The van der Waals surface area contributed by atoms with Gasteiger partial charge in [0.1, 0.15) is 12.2 Å². The van der Waals surface area contributed by atoms with E-state index in [1.807, 2.05) is 6.07 Å². The Morgan fingerprint density at radius 1 is 1.50 bits per heavy atom. The first kappa shape index (κ1) is 11.1. The van der Waals surface area contributed by atoms with Crippen molar-refractivity contribution < 1.29 is 16.0 Å². The maximum Gasteiger partial charge on any atom is 0.211 e. The standard InChI is InChI=1S/C18H21NO3/c1-19-8-7-18-11-4-5-13(20)17(18)22-16-14(21-2)6-3-10(15(16)18)9-12(11)19/h3-6,11-13,17,20H,7-9H2,1-2H3/t11-,12+,13?,17?,18-/m0/s1/i13D,20D. The van der Waals surface area contributed by atoms with Gasteiger partial charge in [0, 0.05) is 22.9 Å². The van der Waals surface area contributed by atoms with Crippen LogP contribution >= 0.6 is 0 Å². The average Bonchev–Trinajstić information content (AvgIpc) is 2.95. The molecule has 4 heteroatoms. The van der Waals surface area contributed by atoms with Crippen LogP contribution < -0.4 is 9.47 Å². The number of rotatable bonds is 2. The lowest BCUT2D eigenvalue weighted by molar-refractivity contribution is -0.0453. The molecule has 2 aliphatic carbocycles. The van der Waals surface area contributed by atoms with Gasteiger partial charge in [-0.05, 0) is 38.1 Å². The molecule has 1 aromatic rings. The van der Waals surface area contributed by atoms with E-state index in [9.17, 15) is 0 Å². The summed E-state index contributed by atoms with van der Waals surface area (Å²) in [5.41, 5.74) is 2.18. The van der Waals surface area contributed by atoms with E-state index >= 15 is 0 Å². The van der Waals surface area contributed by atoms with Crippen molar-refractivity contribution in [1.82, 2.24) is 4.90 Å². The minimum Gasteiger partial charge on any atom is -0.493 e. The van der Waals surface area contributed by atoms with Crippen molar-refractivity contribution in [3.8, 4) is 11.5 Å². The molecular weight excluding hydrogens is 278 g/mol. The van der Waals surface area contributed by atoms with Gasteiger partial charge in [-0.3, -0.25) is 0 Å². The summed E-state index contributed by atoms with van der Waals surface area (Å²) >= 11 is 0. The van der Waals surface area contributed by atoms with Crippen molar-refractivity contribution in [2.45, 2.75) is 36.5 Å². The van der Waals surface area contributed by atoms with Crippen molar-refractivity contribution in [2.24, 2.45) is 5.92 Å². The van der Waals surface area contributed by atoms with E-state index in [0.29, 0.717) is 11.8 Å². The quantitative estimate of drug-likeness (QED) is 0.841. The fourth-order valence-corrected chi connectivity index (χ4v) is 5.23. The third-order valence-electron chi connectivity index (χ3n) is 6.21. The number of aliphatic hydroxyl groups is 1. The Kier molecular flexibility index (Phi) is 2.05. The topological polar surface area (TPSA) is 41.9 Å². The number of hydrogen-bond donors (Lipinski definition) is 1. The lowest BCUT2D eigenvalue weighted by atomic mass is 9.53. The van der Waals surface area contributed by atoms with Crippen LogP contribution in [-0.4, -0.2) is 50.4 Å². The summed E-state index contributed by atoms with van der Waals surface area (Å²) in [4.78, 5) is 2.42. The smallest absolute Gasteiger partial charge is 0.211 e. The lowest BCUT2D eigenvalue weighted by Gasteiger charge is -2.56. The van der Waals surface area contributed by atoms with Gasteiger partial charge >= 0.3 is 0 Å². The van der Waals surface area contributed by atoms with Crippen molar-refractivity contribution >= 4 is 0 Å². The van der Waals surface area contributed by atoms with Crippen LogP contribution in [0.5, 0.6) is 11.5 Å². The van der Waals surface area contributed by atoms with Crippen molar-refractivity contribution in [3.05, 3.63) is 35.4 Å². The fourth-order valence-electron chi connectivity index (χ4n) is 5.23. The van der Waals surface area contributed by atoms with Gasteiger partial charge in [0.2, 0.25) is 1.43 Å². The van der Waals surface area contributed by atoms with E-state index < -0.39 is 12.2 Å². The van der Waals surface area contributed by atoms with Gasteiger partial charge in [-0.25, -0.2) is 0 Å². The normalized spacial score (nSPS) is 45.6. The van der Waals surface area contributed by atoms with E-state index in [1.54, 1.807) is 13.2 Å². The molecule has 4 aliphatic rings. The molecule has 1 fully saturated rings. The SMILES string of the molecule is [2H]OC1([2H])C=C[C@H]2[C@H]3Cc4ccc(OC)c5c4[C@@]2(CCN3C)C1O5. The summed E-state index contributed by atoms with van der Waals surface area (Å²) in [5, 5.41) is 4.87. The predicted octanol–water partition coefficient (Wildman–Crippen LogP) is 1.50. The van der Waals surface area contributed by atoms with Gasteiger partial charge in [-0.15, -0.1) is 0 Å². The molecule has 1 N–H and O–H groups in total. The zero-order valence-electron chi connectivity index (χ0n) is 14.8. The summed E-state index contributed by atoms with van der Waals surface area (Å²) in [5.74, 6) is 1.74. The highest BCUT2D eigenvalue weighted by atomic mass is 16.5. The Balaban J connectivity index is 1.82. The van der Waals surface area contributed by atoms with Crippen LogP contribution in [0.1, 0.15) is 18.9 Å². The van der Waals surface area contributed by atoms with Crippen LogP contribution in [-0.2, 0) is 11.8 Å². The minimum absolute atomic E-state index is 0.274. The monoisotopic (exact) mass is 301 g/mol. The molecule has 2 unspecified atom stereocenters. The Bertz CT molecular complexity index is 754. The minimum atomic E-state index is -1.49. The van der Waals surface area contributed by atoms with Gasteiger partial charge in [-0.1, -0.05) is 18.2 Å². The van der Waals surface area contributed by atoms with Gasteiger partial charge in [0.15, 0.2) is 11.5 Å². The molecular formula is C18H21NO3. The van der Waals surface area contributed by atoms with E-state index in [1.165, 1.54) is 11.1 Å². The van der Waals surface area contributed by atoms with Crippen LogP contribution in [0.15, 0.2) is 24.3 Å². The van der Waals surface area contributed by atoms with Gasteiger partial charge in [0.25, 0.3) is 0 Å². The van der Waals surface area contributed by atoms with Gasteiger partial charge < -0.3 is 19.5 Å². The maximum atomic E-state index is 8.68. The van der Waals surface area contributed by atoms with Crippen molar-refractivity contribution in [1.29, 1.82) is 1.43 Å². The molecule has 116 valence electrons. The molecule has 2 bridgehead atoms. The lowest BCUT2D eigenvalue weighted by Crippen LogP contribution is -2.64. The zero-order chi connectivity index (χ0) is 16.7. The molecule has 2 heterocycles.